The molecule has 1 aliphatic carbocycles. The average Bonchev–Trinajstić information content (AvgIpc) is 2.66. The van der Waals surface area contributed by atoms with E-state index >= 15 is 0 Å². The Morgan fingerprint density at radius 2 is 2.22 bits per heavy atom. The van der Waals surface area contributed by atoms with E-state index in [1.165, 1.54) is 19.5 Å². The Labute approximate surface area is 156 Å². The van der Waals surface area contributed by atoms with Gasteiger partial charge in [0.2, 0.25) is 17.7 Å². The Kier molecular flexibility index (Phi) is 7.23. The number of nitrogens with two attached hydrogens (primary N) is 2. The van der Waals surface area contributed by atoms with Gasteiger partial charge in [0.25, 0.3) is 0 Å². The summed E-state index contributed by atoms with van der Waals surface area (Å²) < 4.78 is 31.6. The number of methoxy groups -OCH3 is 1. The van der Waals surface area contributed by atoms with Crippen molar-refractivity contribution in [2.75, 3.05) is 7.11 Å². The smallest absolute Gasteiger partial charge is 0.248 e. The average molecular weight is 381 g/mol. The first kappa shape index (κ1) is 20.8. The third kappa shape index (κ3) is 5.99. The number of pyridine rings is 1. The molecule has 1 atom stereocenters. The van der Waals surface area contributed by atoms with E-state index < -0.39 is 17.9 Å². The minimum Gasteiger partial charge on any atom is -0.481 e. The van der Waals surface area contributed by atoms with Crippen molar-refractivity contribution < 1.29 is 18.3 Å². The molecule has 1 aromatic rings. The van der Waals surface area contributed by atoms with Gasteiger partial charge in [0.1, 0.15) is 0 Å². The Balaban J connectivity index is 1.89. The fourth-order valence-corrected chi connectivity index (χ4v) is 2.95. The molecule has 1 aliphatic rings. The molecule has 7 nitrogen and oxygen atoms in total. The Morgan fingerprint density at radius 1 is 1.52 bits per heavy atom. The molecule has 9 heteroatoms. The zero-order valence-corrected chi connectivity index (χ0v) is 15.2. The highest BCUT2D eigenvalue weighted by atomic mass is 19.3. The van der Waals surface area contributed by atoms with Crippen LogP contribution in [0.4, 0.5) is 8.78 Å². The number of nitrogens with zero attached hydrogens (tertiary/aromatic N) is 2. The predicted molar refractivity (Wildman–Crippen MR) is 98.3 cm³/mol. The number of alkyl halides is 2. The van der Waals surface area contributed by atoms with E-state index in [-0.39, 0.29) is 43.8 Å². The lowest BCUT2D eigenvalue weighted by atomic mass is 9.82. The number of ether oxygens (including phenoxy) is 1. The molecule has 1 fully saturated rings. The van der Waals surface area contributed by atoms with E-state index in [0.29, 0.717) is 5.88 Å². The molecule has 1 saturated carbocycles. The van der Waals surface area contributed by atoms with Crippen molar-refractivity contribution >= 4 is 12.1 Å². The fraction of sp³-hybridized carbons (Fsp3) is 0.500. The summed E-state index contributed by atoms with van der Waals surface area (Å²) in [6.45, 7) is 0.286. The van der Waals surface area contributed by atoms with E-state index in [0.717, 1.165) is 5.56 Å². The Bertz CT molecular complexity index is 699. The SMILES string of the molecule is COc1ncccc1CN=C/C(=C\N)NC(=O)C(N)C1CCC(F)(F)CC1. The molecule has 1 amide bonds. The molecule has 5 N–H and O–H groups in total. The van der Waals surface area contributed by atoms with Gasteiger partial charge in [-0.2, -0.15) is 0 Å². The number of allylic oxidation sites excluding steroid dienone is 1. The third-order valence-corrected chi connectivity index (χ3v) is 4.55. The quantitative estimate of drug-likeness (QED) is 0.622. The minimum absolute atomic E-state index is 0.220. The maximum absolute atomic E-state index is 13.2. The second kappa shape index (κ2) is 9.40. The van der Waals surface area contributed by atoms with Crippen LogP contribution < -0.4 is 21.5 Å². The van der Waals surface area contributed by atoms with Crippen LogP contribution >= 0.6 is 0 Å². The number of amides is 1. The van der Waals surface area contributed by atoms with Crippen molar-refractivity contribution in [1.82, 2.24) is 10.3 Å². The molecule has 2 rings (SSSR count). The lowest BCUT2D eigenvalue weighted by Gasteiger charge is -2.31. The molecular formula is C18H25F2N5O2. The summed E-state index contributed by atoms with van der Waals surface area (Å²) in [4.78, 5) is 20.6. The maximum Gasteiger partial charge on any atom is 0.248 e. The summed E-state index contributed by atoms with van der Waals surface area (Å²) in [7, 11) is 1.52. The zero-order chi connectivity index (χ0) is 19.9. The van der Waals surface area contributed by atoms with Gasteiger partial charge in [-0.1, -0.05) is 6.07 Å². The summed E-state index contributed by atoms with van der Waals surface area (Å²) in [5.74, 6) is -2.93. The van der Waals surface area contributed by atoms with Crippen LogP contribution in [0.25, 0.3) is 0 Å². The highest BCUT2D eigenvalue weighted by molar-refractivity contribution is 5.90. The van der Waals surface area contributed by atoms with E-state index in [2.05, 4.69) is 15.3 Å². The van der Waals surface area contributed by atoms with Crippen molar-refractivity contribution in [1.29, 1.82) is 0 Å². The van der Waals surface area contributed by atoms with Crippen molar-refractivity contribution in [2.45, 2.75) is 44.2 Å². The number of halogens is 2. The first-order chi connectivity index (χ1) is 12.9. The van der Waals surface area contributed by atoms with E-state index in [1.807, 2.05) is 6.07 Å². The van der Waals surface area contributed by atoms with Crippen molar-refractivity contribution in [2.24, 2.45) is 22.4 Å². The van der Waals surface area contributed by atoms with Crippen LogP contribution in [-0.4, -0.2) is 36.2 Å². The maximum atomic E-state index is 13.2. The normalized spacial score (nSPS) is 19.0. The number of nitrogens with one attached hydrogen (secondary N) is 1. The molecule has 1 heterocycles. The Morgan fingerprint density at radius 3 is 2.85 bits per heavy atom. The van der Waals surface area contributed by atoms with E-state index in [9.17, 15) is 13.6 Å². The topological polar surface area (TPSA) is 116 Å². The van der Waals surface area contributed by atoms with Gasteiger partial charge < -0.3 is 21.5 Å². The van der Waals surface area contributed by atoms with Gasteiger partial charge in [-0.3, -0.25) is 9.79 Å². The van der Waals surface area contributed by atoms with Gasteiger partial charge in [-0.15, -0.1) is 0 Å². The molecule has 0 bridgehead atoms. The van der Waals surface area contributed by atoms with Crippen molar-refractivity contribution in [3.8, 4) is 5.88 Å². The second-order valence-corrected chi connectivity index (χ2v) is 6.47. The molecule has 1 unspecified atom stereocenters. The lowest BCUT2D eigenvalue weighted by molar-refractivity contribution is -0.124. The monoisotopic (exact) mass is 381 g/mol. The number of aromatic nitrogens is 1. The van der Waals surface area contributed by atoms with E-state index in [4.69, 9.17) is 16.2 Å². The molecule has 0 radical (unpaired) electrons. The molecule has 0 spiro atoms. The summed E-state index contributed by atoms with van der Waals surface area (Å²) in [6.07, 6.45) is 4.17. The van der Waals surface area contributed by atoms with Crippen LogP contribution in [0.15, 0.2) is 35.2 Å². The molecule has 0 aromatic carbocycles. The summed E-state index contributed by atoms with van der Waals surface area (Å²) in [5, 5.41) is 2.59. The highest BCUT2D eigenvalue weighted by Crippen LogP contribution is 2.37. The summed E-state index contributed by atoms with van der Waals surface area (Å²) >= 11 is 0. The van der Waals surface area contributed by atoms with Crippen molar-refractivity contribution in [3.63, 3.8) is 0 Å². The Hall–Kier alpha value is -2.55. The first-order valence-electron chi connectivity index (χ1n) is 8.70. The van der Waals surface area contributed by atoms with Crippen LogP contribution in [0.1, 0.15) is 31.2 Å². The van der Waals surface area contributed by atoms with Crippen LogP contribution in [0, 0.1) is 5.92 Å². The standard InChI is InChI=1S/C18H25F2N5O2/c1-27-17-13(3-2-8-24-17)10-23-11-14(9-21)25-16(26)15(22)12-4-6-18(19,20)7-5-12/h2-3,8-9,11-12,15H,4-7,10,21-22H2,1H3,(H,25,26)/b14-9+,23-11?. The number of carbonyl (C=O) groups is 1. The molecule has 148 valence electrons. The largest absolute Gasteiger partial charge is 0.481 e. The van der Waals surface area contributed by atoms with Gasteiger partial charge >= 0.3 is 0 Å². The zero-order valence-electron chi connectivity index (χ0n) is 15.2. The van der Waals surface area contributed by atoms with Crippen LogP contribution in [0.3, 0.4) is 0 Å². The van der Waals surface area contributed by atoms with Gasteiger partial charge in [-0.25, -0.2) is 13.8 Å². The molecule has 27 heavy (non-hydrogen) atoms. The molecular weight excluding hydrogens is 356 g/mol. The fourth-order valence-electron chi connectivity index (χ4n) is 2.95. The predicted octanol–water partition coefficient (Wildman–Crippen LogP) is 1.73. The van der Waals surface area contributed by atoms with E-state index in [1.54, 1.807) is 12.3 Å². The lowest BCUT2D eigenvalue weighted by Crippen LogP contribution is -2.47. The molecule has 0 aliphatic heterocycles. The van der Waals surface area contributed by atoms with Gasteiger partial charge in [-0.05, 0) is 24.8 Å². The van der Waals surface area contributed by atoms with Crippen LogP contribution in [0.5, 0.6) is 5.88 Å². The molecule has 1 aromatic heterocycles. The van der Waals surface area contributed by atoms with Crippen molar-refractivity contribution in [3.05, 3.63) is 35.8 Å². The van der Waals surface area contributed by atoms with Crippen LogP contribution in [0.2, 0.25) is 0 Å². The van der Waals surface area contributed by atoms with Gasteiger partial charge in [0.05, 0.1) is 25.4 Å². The number of rotatable bonds is 7. The second-order valence-electron chi connectivity index (χ2n) is 6.47. The number of hydrogen-bond donors (Lipinski definition) is 3. The first-order valence-corrected chi connectivity index (χ1v) is 8.70. The number of carbonyl (C=O) groups excluding carboxylic acids is 1. The van der Waals surface area contributed by atoms with Crippen LogP contribution in [-0.2, 0) is 11.3 Å². The molecule has 0 saturated heterocycles. The highest BCUT2D eigenvalue weighted by Gasteiger charge is 2.38. The third-order valence-electron chi connectivity index (χ3n) is 4.55. The van der Waals surface area contributed by atoms with Gasteiger partial charge in [0, 0.05) is 37.0 Å². The van der Waals surface area contributed by atoms with Gasteiger partial charge in [0.15, 0.2) is 0 Å². The summed E-state index contributed by atoms with van der Waals surface area (Å²) in [5.41, 5.74) is 12.5. The number of hydrogen-bond acceptors (Lipinski definition) is 6. The summed E-state index contributed by atoms with van der Waals surface area (Å²) in [6, 6.07) is 2.71. The minimum atomic E-state index is -2.66. The number of aliphatic imine (C=N–C) groups is 1.